The summed E-state index contributed by atoms with van der Waals surface area (Å²) in [6.07, 6.45) is 0.253. The highest BCUT2D eigenvalue weighted by atomic mass is 127. The molecule has 1 aromatic carbocycles. The van der Waals surface area contributed by atoms with Crippen LogP contribution < -0.4 is 16.6 Å². The van der Waals surface area contributed by atoms with Gasteiger partial charge < -0.3 is 15.3 Å². The van der Waals surface area contributed by atoms with E-state index in [4.69, 9.17) is 4.84 Å². The molecule has 1 amide bonds. The quantitative estimate of drug-likeness (QED) is 0.253. The second-order valence-electron chi connectivity index (χ2n) is 8.83. The van der Waals surface area contributed by atoms with Gasteiger partial charge in [0.15, 0.2) is 0 Å². The summed E-state index contributed by atoms with van der Waals surface area (Å²) >= 11 is 2.13. The lowest BCUT2D eigenvalue weighted by Gasteiger charge is -2.20. The first-order valence-corrected chi connectivity index (χ1v) is 12.3. The predicted molar refractivity (Wildman–Crippen MR) is 140 cm³/mol. The maximum Gasteiger partial charge on any atom is 0.331 e. The van der Waals surface area contributed by atoms with Crippen molar-refractivity contribution in [3.8, 4) is 0 Å². The van der Waals surface area contributed by atoms with Crippen molar-refractivity contribution in [2.75, 3.05) is 0 Å². The maximum atomic E-state index is 13.3. The zero-order chi connectivity index (χ0) is 25.6. The molecule has 1 unspecified atom stereocenters. The Hall–Kier alpha value is -2.47. The standard InChI is InChI=1S/C24H33IN4O5/c1-14(2)22(31)26-16(5)11-29-23(32)19(17(6)27-34-15(3)4)12-28(24(29)33)13-21(30)18-9-7-8-10-20(18)25/h7-10,12,14-16,21,30H,11,13H2,1-6H3,(H,26,31)/b27-17+/t16-,21?/m0/s1. The largest absolute Gasteiger partial charge is 0.393 e. The minimum atomic E-state index is -0.966. The van der Waals surface area contributed by atoms with Crippen LogP contribution in [0.3, 0.4) is 0 Å². The van der Waals surface area contributed by atoms with Crippen LogP contribution in [-0.4, -0.2) is 38.0 Å². The van der Waals surface area contributed by atoms with Crippen molar-refractivity contribution >= 4 is 34.2 Å². The maximum absolute atomic E-state index is 13.3. The Bertz CT molecular complexity index is 1150. The Morgan fingerprint density at radius 3 is 2.38 bits per heavy atom. The van der Waals surface area contributed by atoms with E-state index in [1.54, 1.807) is 33.8 Å². The normalized spacial score (nSPS) is 13.8. The van der Waals surface area contributed by atoms with Gasteiger partial charge in [0.1, 0.15) is 6.10 Å². The Morgan fingerprint density at radius 1 is 1.15 bits per heavy atom. The van der Waals surface area contributed by atoms with Crippen molar-refractivity contribution < 1.29 is 14.7 Å². The van der Waals surface area contributed by atoms with Crippen LogP contribution in [0.25, 0.3) is 0 Å². The molecule has 9 nitrogen and oxygen atoms in total. The molecule has 1 aromatic heterocycles. The number of benzene rings is 1. The van der Waals surface area contributed by atoms with Gasteiger partial charge in [-0.3, -0.25) is 18.7 Å². The molecule has 0 bridgehead atoms. The van der Waals surface area contributed by atoms with E-state index in [1.807, 2.05) is 32.0 Å². The molecular formula is C24H33IN4O5. The number of rotatable bonds is 10. The molecule has 2 rings (SSSR count). The van der Waals surface area contributed by atoms with Crippen LogP contribution in [-0.2, 0) is 22.7 Å². The molecule has 10 heteroatoms. The topological polar surface area (TPSA) is 115 Å². The molecule has 186 valence electrons. The summed E-state index contributed by atoms with van der Waals surface area (Å²) < 4.78 is 3.23. The third-order valence-corrected chi connectivity index (χ3v) is 6.01. The lowest BCUT2D eigenvalue weighted by molar-refractivity contribution is -0.124. The molecule has 0 fully saturated rings. The van der Waals surface area contributed by atoms with E-state index in [2.05, 4.69) is 33.1 Å². The molecule has 0 aliphatic rings. The Kier molecular flexibility index (Phi) is 10.0. The third kappa shape index (κ3) is 7.26. The third-order valence-electron chi connectivity index (χ3n) is 5.03. The van der Waals surface area contributed by atoms with Crippen molar-refractivity contribution in [3.05, 3.63) is 66.0 Å². The van der Waals surface area contributed by atoms with Gasteiger partial charge in [0.2, 0.25) is 5.91 Å². The van der Waals surface area contributed by atoms with Crippen LogP contribution >= 0.6 is 22.6 Å². The van der Waals surface area contributed by atoms with E-state index in [9.17, 15) is 19.5 Å². The zero-order valence-electron chi connectivity index (χ0n) is 20.4. The van der Waals surface area contributed by atoms with Crippen LogP contribution in [0.2, 0.25) is 0 Å². The second kappa shape index (κ2) is 12.3. The molecule has 34 heavy (non-hydrogen) atoms. The average molecular weight is 584 g/mol. The monoisotopic (exact) mass is 584 g/mol. The molecule has 1 heterocycles. The minimum absolute atomic E-state index is 0.0265. The zero-order valence-corrected chi connectivity index (χ0v) is 22.6. The highest BCUT2D eigenvalue weighted by Gasteiger charge is 2.20. The lowest BCUT2D eigenvalue weighted by atomic mass is 10.1. The highest BCUT2D eigenvalue weighted by molar-refractivity contribution is 14.1. The first-order valence-electron chi connectivity index (χ1n) is 11.2. The van der Waals surface area contributed by atoms with Gasteiger partial charge in [-0.05, 0) is 61.9 Å². The number of aliphatic hydroxyl groups excluding tert-OH is 1. The number of nitrogens with one attached hydrogen (secondary N) is 1. The number of halogens is 1. The van der Waals surface area contributed by atoms with Crippen molar-refractivity contribution in [2.24, 2.45) is 11.1 Å². The van der Waals surface area contributed by atoms with Gasteiger partial charge in [-0.25, -0.2) is 4.79 Å². The van der Waals surface area contributed by atoms with Gasteiger partial charge in [0, 0.05) is 21.7 Å². The summed E-state index contributed by atoms with van der Waals surface area (Å²) in [6.45, 7) is 10.4. The van der Waals surface area contributed by atoms with Crippen LogP contribution in [0.4, 0.5) is 0 Å². The Balaban J connectivity index is 2.53. The number of carbonyl (C=O) groups is 1. The molecule has 2 atom stereocenters. The fraction of sp³-hybridized carbons (Fsp3) is 0.500. The number of hydrogen-bond acceptors (Lipinski definition) is 6. The van der Waals surface area contributed by atoms with Gasteiger partial charge in [-0.1, -0.05) is 37.2 Å². The SMILES string of the molecule is C/C(=N\OC(C)C)c1cn(CC(O)c2ccccc2I)c(=O)n(C[C@H](C)NC(=O)C(C)C)c1=O. The molecule has 2 N–H and O–H groups in total. The van der Waals surface area contributed by atoms with Gasteiger partial charge in [-0.15, -0.1) is 0 Å². The van der Waals surface area contributed by atoms with E-state index < -0.39 is 23.4 Å². The molecule has 0 spiro atoms. The molecule has 0 saturated carbocycles. The molecular weight excluding hydrogens is 551 g/mol. The molecule has 0 aliphatic heterocycles. The van der Waals surface area contributed by atoms with Gasteiger partial charge >= 0.3 is 5.69 Å². The molecule has 2 aromatic rings. The first kappa shape index (κ1) is 27.8. The van der Waals surface area contributed by atoms with Crippen LogP contribution in [0.1, 0.15) is 58.8 Å². The number of nitrogens with zero attached hydrogens (tertiary/aromatic N) is 3. The average Bonchev–Trinajstić information content (AvgIpc) is 2.76. The van der Waals surface area contributed by atoms with Gasteiger partial charge in [-0.2, -0.15) is 0 Å². The number of aliphatic hydroxyl groups is 1. The summed E-state index contributed by atoms with van der Waals surface area (Å²) in [7, 11) is 0. The highest BCUT2D eigenvalue weighted by Crippen LogP contribution is 2.20. The summed E-state index contributed by atoms with van der Waals surface area (Å²) in [5.74, 6) is -0.401. The van der Waals surface area contributed by atoms with E-state index >= 15 is 0 Å². The van der Waals surface area contributed by atoms with Crippen molar-refractivity contribution in [2.45, 2.75) is 72.9 Å². The van der Waals surface area contributed by atoms with Gasteiger partial charge in [0.25, 0.3) is 5.56 Å². The number of oxime groups is 1. The van der Waals surface area contributed by atoms with Gasteiger partial charge in [0.05, 0.1) is 30.5 Å². The summed E-state index contributed by atoms with van der Waals surface area (Å²) in [5, 5.41) is 17.7. The minimum Gasteiger partial charge on any atom is -0.393 e. The smallest absolute Gasteiger partial charge is 0.331 e. The first-order chi connectivity index (χ1) is 15.9. The van der Waals surface area contributed by atoms with Crippen LogP contribution in [0.15, 0.2) is 45.2 Å². The molecule has 0 aliphatic carbocycles. The van der Waals surface area contributed by atoms with E-state index in [0.29, 0.717) is 11.3 Å². The Labute approximate surface area is 213 Å². The fourth-order valence-electron chi connectivity index (χ4n) is 3.19. The second-order valence-corrected chi connectivity index (χ2v) is 9.99. The van der Waals surface area contributed by atoms with Crippen molar-refractivity contribution in [1.82, 2.24) is 14.5 Å². The summed E-state index contributed by atoms with van der Waals surface area (Å²) in [6, 6.07) is 6.88. The number of hydrogen-bond donors (Lipinski definition) is 2. The van der Waals surface area contributed by atoms with Crippen LogP contribution in [0.5, 0.6) is 0 Å². The number of aromatic nitrogens is 2. The van der Waals surface area contributed by atoms with Crippen molar-refractivity contribution in [1.29, 1.82) is 0 Å². The molecule has 0 radical (unpaired) electrons. The van der Waals surface area contributed by atoms with Crippen molar-refractivity contribution in [3.63, 3.8) is 0 Å². The summed E-state index contributed by atoms with van der Waals surface area (Å²) in [5.41, 5.74) is 0.0492. The van der Waals surface area contributed by atoms with E-state index in [1.165, 1.54) is 10.8 Å². The van der Waals surface area contributed by atoms with E-state index in [-0.39, 0.29) is 36.6 Å². The number of carbonyl (C=O) groups excluding carboxylic acids is 1. The lowest BCUT2D eigenvalue weighted by Crippen LogP contribution is -2.48. The summed E-state index contributed by atoms with van der Waals surface area (Å²) in [4.78, 5) is 43.9. The fourth-order valence-corrected chi connectivity index (χ4v) is 3.93. The molecule has 0 saturated heterocycles. The van der Waals surface area contributed by atoms with E-state index in [0.717, 1.165) is 8.14 Å². The number of amides is 1. The Morgan fingerprint density at radius 2 is 1.79 bits per heavy atom. The van der Waals surface area contributed by atoms with Crippen LogP contribution in [0, 0.1) is 9.49 Å². The predicted octanol–water partition coefficient (Wildman–Crippen LogP) is 2.66.